The summed E-state index contributed by atoms with van der Waals surface area (Å²) < 4.78 is 16.5. The number of hydrazine groups is 1. The Morgan fingerprint density at radius 2 is 1.90 bits per heavy atom. The summed E-state index contributed by atoms with van der Waals surface area (Å²) in [5.74, 6) is 0.215. The Kier molecular flexibility index (Phi) is 7.29. The monoisotopic (exact) mass is 484 g/mol. The van der Waals surface area contributed by atoms with E-state index in [0.29, 0.717) is 34.7 Å². The number of nitrogens with one attached hydrogen (secondary N) is 2. The molecule has 2 aromatic rings. The molecule has 1 aliphatic rings. The summed E-state index contributed by atoms with van der Waals surface area (Å²) in [6.07, 6.45) is 0.0390. The second-order valence-corrected chi connectivity index (χ2v) is 7.78. The maximum atomic E-state index is 12.3. The van der Waals surface area contributed by atoms with Crippen molar-refractivity contribution < 1.29 is 23.8 Å². The Balaban J connectivity index is 1.55. The number of ether oxygens (including phenoxy) is 3. The molecule has 29 heavy (non-hydrogen) atoms. The van der Waals surface area contributed by atoms with Crippen LogP contribution in [0.1, 0.15) is 16.1 Å². The number of amides is 2. The first-order valence-electron chi connectivity index (χ1n) is 8.79. The van der Waals surface area contributed by atoms with Gasteiger partial charge in [0.1, 0.15) is 5.69 Å². The number of nitrogens with zero attached hydrogens (tertiary/aromatic N) is 2. The van der Waals surface area contributed by atoms with Crippen molar-refractivity contribution in [1.29, 1.82) is 0 Å². The Morgan fingerprint density at radius 3 is 2.59 bits per heavy atom. The molecule has 1 aromatic carbocycles. The van der Waals surface area contributed by atoms with Gasteiger partial charge in [-0.05, 0) is 17.7 Å². The molecule has 2 amide bonds. The minimum atomic E-state index is -0.472. The van der Waals surface area contributed by atoms with Crippen molar-refractivity contribution in [2.24, 2.45) is 0 Å². The number of methoxy groups -OCH3 is 2. The van der Waals surface area contributed by atoms with Crippen LogP contribution in [0.4, 0.5) is 5.13 Å². The third-order valence-electron chi connectivity index (χ3n) is 4.23. The van der Waals surface area contributed by atoms with Gasteiger partial charge in [-0.15, -0.1) is 11.3 Å². The number of hydrogen-bond donors (Lipinski definition) is 2. The fourth-order valence-electron chi connectivity index (χ4n) is 2.71. The lowest BCUT2D eigenvalue weighted by atomic mass is 10.1. The van der Waals surface area contributed by atoms with E-state index in [0.717, 1.165) is 18.2 Å². The Labute approximate surface area is 180 Å². The Hall–Kier alpha value is -2.37. The highest BCUT2D eigenvalue weighted by Crippen LogP contribution is 2.33. The van der Waals surface area contributed by atoms with Gasteiger partial charge in [0.25, 0.3) is 5.91 Å². The van der Waals surface area contributed by atoms with Crippen LogP contribution in [-0.4, -0.2) is 57.3 Å². The van der Waals surface area contributed by atoms with Crippen molar-refractivity contribution in [3.8, 4) is 11.5 Å². The summed E-state index contributed by atoms with van der Waals surface area (Å²) in [6.45, 7) is 2.77. The summed E-state index contributed by atoms with van der Waals surface area (Å²) >= 11 is 4.80. The maximum absolute atomic E-state index is 12.3. The number of halogens is 1. The second kappa shape index (κ2) is 9.90. The van der Waals surface area contributed by atoms with E-state index in [1.54, 1.807) is 17.5 Å². The van der Waals surface area contributed by atoms with Crippen LogP contribution < -0.4 is 25.2 Å². The molecule has 0 spiro atoms. The van der Waals surface area contributed by atoms with Crippen molar-refractivity contribution in [1.82, 2.24) is 15.8 Å². The van der Waals surface area contributed by atoms with Crippen molar-refractivity contribution in [3.63, 3.8) is 0 Å². The molecule has 9 nitrogen and oxygen atoms in total. The number of aromatic nitrogens is 1. The second-order valence-electron chi connectivity index (χ2n) is 6.09. The molecule has 0 atom stereocenters. The first-order chi connectivity index (χ1) is 14.0. The van der Waals surface area contributed by atoms with Gasteiger partial charge in [-0.2, -0.15) is 0 Å². The number of thiazole rings is 1. The largest absolute Gasteiger partial charge is 0.493 e. The van der Waals surface area contributed by atoms with E-state index >= 15 is 0 Å². The standard InChI is InChI=1S/C18H21BrN4O5S/c1-26-14-7-11(12(19)9-15(14)27-2)8-16(24)21-22-17(25)13-10-29-18(20-13)23-3-5-28-6-4-23/h7,9-10H,3-6,8H2,1-2H3,(H,21,24)(H,22,25). The molecule has 3 rings (SSSR count). The van der Waals surface area contributed by atoms with Gasteiger partial charge >= 0.3 is 0 Å². The van der Waals surface area contributed by atoms with E-state index in [1.807, 2.05) is 0 Å². The molecule has 1 fully saturated rings. The van der Waals surface area contributed by atoms with Gasteiger partial charge in [0.05, 0.1) is 33.9 Å². The highest BCUT2D eigenvalue weighted by molar-refractivity contribution is 9.10. The average molecular weight is 485 g/mol. The number of carbonyl (C=O) groups excluding carboxylic acids is 2. The van der Waals surface area contributed by atoms with Crippen molar-refractivity contribution in [2.75, 3.05) is 45.4 Å². The average Bonchev–Trinajstić information content (AvgIpc) is 3.24. The Bertz CT molecular complexity index is 885. The number of rotatable bonds is 6. The molecule has 156 valence electrons. The van der Waals surface area contributed by atoms with Crippen LogP contribution in [0.25, 0.3) is 0 Å². The third kappa shape index (κ3) is 5.37. The molecule has 0 aliphatic carbocycles. The van der Waals surface area contributed by atoms with Gasteiger partial charge in [0.2, 0.25) is 5.91 Å². The Morgan fingerprint density at radius 1 is 1.21 bits per heavy atom. The van der Waals surface area contributed by atoms with Gasteiger partial charge in [0.15, 0.2) is 16.6 Å². The highest BCUT2D eigenvalue weighted by atomic mass is 79.9. The van der Waals surface area contributed by atoms with Crippen LogP contribution in [0.15, 0.2) is 22.0 Å². The lowest BCUT2D eigenvalue weighted by molar-refractivity contribution is -0.121. The van der Waals surface area contributed by atoms with Crippen molar-refractivity contribution in [3.05, 3.63) is 33.2 Å². The van der Waals surface area contributed by atoms with Crippen LogP contribution in [-0.2, 0) is 16.0 Å². The molecule has 0 radical (unpaired) electrons. The van der Waals surface area contributed by atoms with E-state index in [-0.39, 0.29) is 18.0 Å². The fraction of sp³-hybridized carbons (Fsp3) is 0.389. The molecule has 0 saturated carbocycles. The fourth-order valence-corrected chi connectivity index (χ4v) is 4.03. The number of morpholine rings is 1. The van der Waals surface area contributed by atoms with Crippen LogP contribution in [0.5, 0.6) is 11.5 Å². The first kappa shape index (κ1) is 21.3. The van der Waals surface area contributed by atoms with E-state index in [4.69, 9.17) is 14.2 Å². The molecular weight excluding hydrogens is 464 g/mol. The lowest BCUT2D eigenvalue weighted by Crippen LogP contribution is -2.42. The number of carbonyl (C=O) groups is 2. The number of benzene rings is 1. The van der Waals surface area contributed by atoms with Crippen molar-refractivity contribution in [2.45, 2.75) is 6.42 Å². The zero-order chi connectivity index (χ0) is 20.8. The predicted molar refractivity (Wildman–Crippen MR) is 112 cm³/mol. The number of hydrogen-bond acceptors (Lipinski definition) is 8. The zero-order valence-corrected chi connectivity index (χ0v) is 18.4. The molecule has 1 aromatic heterocycles. The molecular formula is C18H21BrN4O5S. The summed E-state index contributed by atoms with van der Waals surface area (Å²) in [5.41, 5.74) is 5.75. The SMILES string of the molecule is COc1cc(Br)c(CC(=O)NNC(=O)c2csc(N3CCOCC3)n2)cc1OC. The number of anilines is 1. The van der Waals surface area contributed by atoms with E-state index in [1.165, 1.54) is 25.6 Å². The minimum absolute atomic E-state index is 0.0390. The maximum Gasteiger partial charge on any atom is 0.289 e. The highest BCUT2D eigenvalue weighted by Gasteiger charge is 2.18. The minimum Gasteiger partial charge on any atom is -0.493 e. The van der Waals surface area contributed by atoms with Crippen molar-refractivity contribution >= 4 is 44.2 Å². The first-order valence-corrected chi connectivity index (χ1v) is 10.5. The summed E-state index contributed by atoms with van der Waals surface area (Å²) in [6, 6.07) is 3.43. The van der Waals surface area contributed by atoms with Gasteiger partial charge in [0, 0.05) is 22.9 Å². The van der Waals surface area contributed by atoms with Crippen LogP contribution in [0.3, 0.4) is 0 Å². The predicted octanol–water partition coefficient (Wildman–Crippen LogP) is 1.76. The summed E-state index contributed by atoms with van der Waals surface area (Å²) in [4.78, 5) is 30.9. The smallest absolute Gasteiger partial charge is 0.289 e. The summed E-state index contributed by atoms with van der Waals surface area (Å²) in [5, 5.41) is 2.43. The van der Waals surface area contributed by atoms with E-state index in [9.17, 15) is 9.59 Å². The molecule has 1 saturated heterocycles. The van der Waals surface area contributed by atoms with Crippen LogP contribution in [0.2, 0.25) is 0 Å². The van der Waals surface area contributed by atoms with Crippen LogP contribution >= 0.6 is 27.3 Å². The van der Waals surface area contributed by atoms with E-state index in [2.05, 4.69) is 36.7 Å². The van der Waals surface area contributed by atoms with Gasteiger partial charge < -0.3 is 19.1 Å². The quantitative estimate of drug-likeness (QED) is 0.602. The molecule has 0 bridgehead atoms. The zero-order valence-electron chi connectivity index (χ0n) is 16.0. The molecule has 2 heterocycles. The lowest BCUT2D eigenvalue weighted by Gasteiger charge is -2.25. The molecule has 0 unspecified atom stereocenters. The molecule has 11 heteroatoms. The third-order valence-corrected chi connectivity index (χ3v) is 5.86. The van der Waals surface area contributed by atoms with Crippen LogP contribution in [0, 0.1) is 0 Å². The van der Waals surface area contributed by atoms with Gasteiger partial charge in [-0.25, -0.2) is 4.98 Å². The topological polar surface area (TPSA) is 102 Å². The summed E-state index contributed by atoms with van der Waals surface area (Å²) in [7, 11) is 3.06. The normalized spacial score (nSPS) is 13.7. The van der Waals surface area contributed by atoms with E-state index < -0.39 is 5.91 Å². The van der Waals surface area contributed by atoms with Gasteiger partial charge in [-0.3, -0.25) is 20.4 Å². The molecule has 1 aliphatic heterocycles. The molecule has 2 N–H and O–H groups in total. The van der Waals surface area contributed by atoms with Gasteiger partial charge in [-0.1, -0.05) is 15.9 Å².